The van der Waals surface area contributed by atoms with Crippen LogP contribution in [0, 0.1) is 11.8 Å². The van der Waals surface area contributed by atoms with E-state index in [0.717, 1.165) is 43.3 Å². The fourth-order valence-electron chi connectivity index (χ4n) is 4.75. The van der Waals surface area contributed by atoms with Gasteiger partial charge in [-0.25, -0.2) is 0 Å². The lowest BCUT2D eigenvalue weighted by molar-refractivity contribution is -0.126. The van der Waals surface area contributed by atoms with Crippen LogP contribution in [0.4, 0.5) is 0 Å². The predicted octanol–water partition coefficient (Wildman–Crippen LogP) is 4.19. The zero-order chi connectivity index (χ0) is 21.6. The first-order valence-electron chi connectivity index (χ1n) is 11.5. The SMILES string of the molecule is CC1CCN(C(CNC(=O)C2CCCN(C(=O)c3cccs3)C2)c2ccccc2)CC1. The Morgan fingerprint density at radius 1 is 1.06 bits per heavy atom. The standard InChI is InChI=1S/C25H33N3O2S/c1-19-11-14-27(15-12-19)22(20-7-3-2-4-8-20)17-26-24(29)21-9-5-13-28(18-21)25(30)23-10-6-16-31-23/h2-4,6-8,10,16,19,21-22H,5,9,11-15,17-18H2,1H3,(H,26,29). The second-order valence-electron chi connectivity index (χ2n) is 8.96. The van der Waals surface area contributed by atoms with Gasteiger partial charge in [0.05, 0.1) is 16.8 Å². The van der Waals surface area contributed by atoms with E-state index in [9.17, 15) is 9.59 Å². The summed E-state index contributed by atoms with van der Waals surface area (Å²) in [6.07, 6.45) is 4.14. The van der Waals surface area contributed by atoms with Crippen LogP contribution < -0.4 is 5.32 Å². The summed E-state index contributed by atoms with van der Waals surface area (Å²) in [5, 5.41) is 5.16. The van der Waals surface area contributed by atoms with Crippen LogP contribution in [0.1, 0.15) is 53.9 Å². The molecule has 2 fully saturated rings. The molecular formula is C25H33N3O2S. The van der Waals surface area contributed by atoms with Crippen LogP contribution >= 0.6 is 11.3 Å². The van der Waals surface area contributed by atoms with Crippen molar-refractivity contribution in [1.82, 2.24) is 15.1 Å². The Morgan fingerprint density at radius 3 is 2.55 bits per heavy atom. The van der Waals surface area contributed by atoms with E-state index in [4.69, 9.17) is 0 Å². The Bertz CT molecular complexity index is 847. The van der Waals surface area contributed by atoms with Gasteiger partial charge in [-0.3, -0.25) is 14.5 Å². The van der Waals surface area contributed by atoms with Crippen LogP contribution in [-0.2, 0) is 4.79 Å². The Morgan fingerprint density at radius 2 is 1.84 bits per heavy atom. The zero-order valence-electron chi connectivity index (χ0n) is 18.3. The summed E-state index contributed by atoms with van der Waals surface area (Å²) < 4.78 is 0. The molecule has 6 heteroatoms. The topological polar surface area (TPSA) is 52.7 Å². The predicted molar refractivity (Wildman–Crippen MR) is 125 cm³/mol. The molecule has 0 aliphatic carbocycles. The molecule has 0 spiro atoms. The van der Waals surface area contributed by atoms with Crippen LogP contribution in [0.3, 0.4) is 0 Å². The van der Waals surface area contributed by atoms with Gasteiger partial charge in [0.25, 0.3) is 5.91 Å². The van der Waals surface area contributed by atoms with E-state index in [2.05, 4.69) is 41.4 Å². The van der Waals surface area contributed by atoms with Crippen molar-refractivity contribution < 1.29 is 9.59 Å². The number of benzene rings is 1. The number of nitrogens with zero attached hydrogens (tertiary/aromatic N) is 2. The second-order valence-corrected chi connectivity index (χ2v) is 9.91. The molecule has 2 unspecified atom stereocenters. The van der Waals surface area contributed by atoms with E-state index in [0.29, 0.717) is 13.1 Å². The summed E-state index contributed by atoms with van der Waals surface area (Å²) in [7, 11) is 0. The minimum Gasteiger partial charge on any atom is -0.354 e. The number of hydrogen-bond acceptors (Lipinski definition) is 4. The van der Waals surface area contributed by atoms with Gasteiger partial charge in [-0.1, -0.05) is 43.3 Å². The maximum absolute atomic E-state index is 13.1. The molecule has 2 aliphatic heterocycles. The number of thiophene rings is 1. The molecule has 0 radical (unpaired) electrons. The first kappa shape index (κ1) is 22.0. The summed E-state index contributed by atoms with van der Waals surface area (Å²) in [6, 6.07) is 14.5. The van der Waals surface area contributed by atoms with Crippen molar-refractivity contribution in [2.75, 3.05) is 32.7 Å². The molecule has 4 rings (SSSR count). The zero-order valence-corrected chi connectivity index (χ0v) is 19.2. The molecule has 2 atom stereocenters. The molecule has 31 heavy (non-hydrogen) atoms. The van der Waals surface area contributed by atoms with E-state index >= 15 is 0 Å². The fourth-order valence-corrected chi connectivity index (χ4v) is 5.44. The van der Waals surface area contributed by atoms with E-state index in [-0.39, 0.29) is 23.8 Å². The van der Waals surface area contributed by atoms with Crippen molar-refractivity contribution in [2.24, 2.45) is 11.8 Å². The van der Waals surface area contributed by atoms with Crippen LogP contribution in [0.25, 0.3) is 0 Å². The Balaban J connectivity index is 1.37. The van der Waals surface area contributed by atoms with Gasteiger partial charge < -0.3 is 10.2 Å². The largest absolute Gasteiger partial charge is 0.354 e. The number of hydrogen-bond donors (Lipinski definition) is 1. The van der Waals surface area contributed by atoms with E-state index in [1.54, 1.807) is 0 Å². The van der Waals surface area contributed by atoms with Crippen molar-refractivity contribution in [2.45, 2.75) is 38.6 Å². The highest BCUT2D eigenvalue weighted by Gasteiger charge is 2.31. The molecule has 5 nitrogen and oxygen atoms in total. The summed E-state index contributed by atoms with van der Waals surface area (Å²) >= 11 is 1.46. The summed E-state index contributed by atoms with van der Waals surface area (Å²) in [5.41, 5.74) is 1.26. The summed E-state index contributed by atoms with van der Waals surface area (Å²) in [5.74, 6) is 0.777. The molecule has 1 N–H and O–H groups in total. The van der Waals surface area contributed by atoms with Gasteiger partial charge in [-0.05, 0) is 61.7 Å². The molecule has 2 saturated heterocycles. The maximum Gasteiger partial charge on any atom is 0.263 e. The Kier molecular flexibility index (Phi) is 7.41. The van der Waals surface area contributed by atoms with Gasteiger partial charge in [0.1, 0.15) is 0 Å². The second kappa shape index (κ2) is 10.4. The van der Waals surface area contributed by atoms with Crippen LogP contribution in [-0.4, -0.2) is 54.3 Å². The number of carbonyl (C=O) groups is 2. The average molecular weight is 440 g/mol. The molecule has 2 aromatic rings. The molecule has 0 saturated carbocycles. The van der Waals surface area contributed by atoms with Crippen molar-refractivity contribution >= 4 is 23.2 Å². The molecule has 0 bridgehead atoms. The minimum absolute atomic E-state index is 0.0529. The van der Waals surface area contributed by atoms with E-state index in [1.165, 1.54) is 29.7 Å². The lowest BCUT2D eigenvalue weighted by Gasteiger charge is -2.37. The third-order valence-corrected chi connectivity index (χ3v) is 7.58. The van der Waals surface area contributed by atoms with Crippen molar-refractivity contribution in [3.8, 4) is 0 Å². The van der Waals surface area contributed by atoms with Gasteiger partial charge in [0.15, 0.2) is 0 Å². The molecule has 1 aromatic carbocycles. The van der Waals surface area contributed by atoms with Crippen LogP contribution in [0.15, 0.2) is 47.8 Å². The Labute approximate surface area is 189 Å². The molecule has 166 valence electrons. The van der Waals surface area contributed by atoms with E-state index in [1.807, 2.05) is 28.5 Å². The van der Waals surface area contributed by atoms with Gasteiger partial charge in [0, 0.05) is 19.6 Å². The smallest absolute Gasteiger partial charge is 0.263 e. The fraction of sp³-hybridized carbons (Fsp3) is 0.520. The van der Waals surface area contributed by atoms with E-state index < -0.39 is 0 Å². The Hall–Kier alpha value is -2.18. The van der Waals surface area contributed by atoms with Gasteiger partial charge in [-0.15, -0.1) is 11.3 Å². The van der Waals surface area contributed by atoms with Gasteiger partial charge in [0.2, 0.25) is 5.91 Å². The summed E-state index contributed by atoms with van der Waals surface area (Å²) in [6.45, 7) is 6.33. The van der Waals surface area contributed by atoms with Crippen LogP contribution in [0.2, 0.25) is 0 Å². The number of carbonyl (C=O) groups excluding carboxylic acids is 2. The highest BCUT2D eigenvalue weighted by molar-refractivity contribution is 7.12. The van der Waals surface area contributed by atoms with Gasteiger partial charge in [-0.2, -0.15) is 0 Å². The normalized spacial score (nSPS) is 21.6. The molecule has 2 aliphatic rings. The number of rotatable bonds is 6. The molecule has 3 heterocycles. The lowest BCUT2D eigenvalue weighted by Crippen LogP contribution is -2.47. The van der Waals surface area contributed by atoms with Crippen molar-refractivity contribution in [1.29, 1.82) is 0 Å². The first-order chi connectivity index (χ1) is 15.1. The lowest BCUT2D eigenvalue weighted by atomic mass is 9.95. The maximum atomic E-state index is 13.1. The average Bonchev–Trinajstić information content (AvgIpc) is 3.35. The third kappa shape index (κ3) is 5.55. The van der Waals surface area contributed by atoms with Crippen LogP contribution in [0.5, 0.6) is 0 Å². The van der Waals surface area contributed by atoms with Crippen molar-refractivity contribution in [3.63, 3.8) is 0 Å². The number of nitrogens with one attached hydrogen (secondary N) is 1. The molecule has 1 aromatic heterocycles. The number of likely N-dealkylation sites (tertiary alicyclic amines) is 2. The monoisotopic (exact) mass is 439 g/mol. The highest BCUT2D eigenvalue weighted by atomic mass is 32.1. The minimum atomic E-state index is -0.129. The van der Waals surface area contributed by atoms with Gasteiger partial charge >= 0.3 is 0 Å². The number of amides is 2. The highest BCUT2D eigenvalue weighted by Crippen LogP contribution is 2.27. The quantitative estimate of drug-likeness (QED) is 0.734. The summed E-state index contributed by atoms with van der Waals surface area (Å²) in [4.78, 5) is 30.9. The first-order valence-corrected chi connectivity index (χ1v) is 12.4. The van der Waals surface area contributed by atoms with Crippen molar-refractivity contribution in [3.05, 3.63) is 58.3 Å². The molecule has 2 amide bonds. The number of piperidine rings is 2. The molecular weight excluding hydrogens is 406 g/mol. The third-order valence-electron chi connectivity index (χ3n) is 6.72.